The number of nitrogens with zero attached hydrogens (tertiary/aromatic N) is 3. The Morgan fingerprint density at radius 1 is 0.906 bits per heavy atom. The molecule has 0 saturated heterocycles. The molecule has 32 heavy (non-hydrogen) atoms. The topological polar surface area (TPSA) is 87.6 Å². The van der Waals surface area contributed by atoms with E-state index in [0.29, 0.717) is 29.2 Å². The minimum Gasteiger partial charge on any atom is -0.490 e. The summed E-state index contributed by atoms with van der Waals surface area (Å²) in [4.78, 5) is 5.38. The van der Waals surface area contributed by atoms with Crippen LogP contribution in [0.1, 0.15) is 34.7 Å². The zero-order chi connectivity index (χ0) is 22.8. The molecule has 0 aliphatic heterocycles. The Labute approximate surface area is 200 Å². The van der Waals surface area contributed by atoms with Gasteiger partial charge in [0, 0.05) is 16.7 Å². The molecule has 3 aromatic carbocycles. The van der Waals surface area contributed by atoms with Crippen LogP contribution >= 0.6 is 22.6 Å². The number of benzene rings is 3. The summed E-state index contributed by atoms with van der Waals surface area (Å²) >= 11 is 2.18. The maximum atomic E-state index is 9.28. The first-order chi connectivity index (χ1) is 15.7. The summed E-state index contributed by atoms with van der Waals surface area (Å²) in [7, 11) is 0. The quantitative estimate of drug-likeness (QED) is 0.203. The summed E-state index contributed by atoms with van der Waals surface area (Å²) in [6.07, 6.45) is 1.59. The first-order valence-corrected chi connectivity index (χ1v) is 10.9. The molecule has 0 bridgehead atoms. The third kappa shape index (κ3) is 5.99. The summed E-state index contributed by atoms with van der Waals surface area (Å²) in [5.74, 6) is 1.20. The molecule has 0 unspecified atom stereocenters. The standard InChI is InChI=1S/C25H20IN3O3/c1-2-30-24-12-18(15-29-32-17-22-10-6-4-8-20(22)14-28)11-23(26)25(24)31-16-21-9-5-3-7-19(21)13-27/h3-12,15H,2,16-17H2,1H3/b29-15-. The van der Waals surface area contributed by atoms with Crippen LogP contribution in [0.2, 0.25) is 0 Å². The molecule has 0 aliphatic rings. The van der Waals surface area contributed by atoms with E-state index in [2.05, 4.69) is 39.9 Å². The van der Waals surface area contributed by atoms with Crippen LogP contribution in [0.15, 0.2) is 65.8 Å². The normalized spacial score (nSPS) is 10.4. The fourth-order valence-electron chi connectivity index (χ4n) is 2.93. The highest BCUT2D eigenvalue weighted by atomic mass is 127. The summed E-state index contributed by atoms with van der Waals surface area (Å²) in [6, 6.07) is 22.6. The summed E-state index contributed by atoms with van der Waals surface area (Å²) in [6.45, 7) is 2.84. The molecule has 160 valence electrons. The minimum absolute atomic E-state index is 0.204. The molecule has 0 heterocycles. The Morgan fingerprint density at radius 3 is 2.16 bits per heavy atom. The summed E-state index contributed by atoms with van der Waals surface area (Å²) in [5, 5.41) is 22.5. The van der Waals surface area contributed by atoms with Crippen LogP contribution in [0.4, 0.5) is 0 Å². The molecule has 0 amide bonds. The van der Waals surface area contributed by atoms with Crippen molar-refractivity contribution in [2.45, 2.75) is 20.1 Å². The van der Waals surface area contributed by atoms with Crippen molar-refractivity contribution < 1.29 is 14.3 Å². The van der Waals surface area contributed by atoms with Gasteiger partial charge in [-0.15, -0.1) is 0 Å². The number of hydrogen-bond acceptors (Lipinski definition) is 6. The van der Waals surface area contributed by atoms with E-state index in [1.54, 1.807) is 18.3 Å². The van der Waals surface area contributed by atoms with Gasteiger partial charge in [-0.2, -0.15) is 10.5 Å². The number of nitriles is 2. The summed E-state index contributed by atoms with van der Waals surface area (Å²) < 4.78 is 12.6. The highest BCUT2D eigenvalue weighted by Crippen LogP contribution is 2.34. The maximum absolute atomic E-state index is 9.28. The van der Waals surface area contributed by atoms with Crippen molar-refractivity contribution in [2.75, 3.05) is 6.61 Å². The average Bonchev–Trinajstić information content (AvgIpc) is 2.82. The van der Waals surface area contributed by atoms with Gasteiger partial charge in [0.1, 0.15) is 13.2 Å². The molecule has 0 N–H and O–H groups in total. The highest BCUT2D eigenvalue weighted by molar-refractivity contribution is 14.1. The van der Waals surface area contributed by atoms with Crippen molar-refractivity contribution in [1.29, 1.82) is 10.5 Å². The van der Waals surface area contributed by atoms with Crippen LogP contribution in [0.3, 0.4) is 0 Å². The lowest BCUT2D eigenvalue weighted by Gasteiger charge is -2.15. The minimum atomic E-state index is 0.204. The molecule has 0 fully saturated rings. The molecule has 0 aliphatic carbocycles. The predicted molar refractivity (Wildman–Crippen MR) is 129 cm³/mol. The lowest BCUT2D eigenvalue weighted by atomic mass is 10.1. The number of halogens is 1. The van der Waals surface area contributed by atoms with Crippen molar-refractivity contribution in [3.63, 3.8) is 0 Å². The molecule has 3 rings (SSSR count). The molecule has 0 aromatic heterocycles. The largest absolute Gasteiger partial charge is 0.490 e. The van der Waals surface area contributed by atoms with Gasteiger partial charge in [0.25, 0.3) is 0 Å². The Kier molecular flexibility index (Phi) is 8.47. The van der Waals surface area contributed by atoms with Gasteiger partial charge in [-0.3, -0.25) is 0 Å². The fourth-order valence-corrected chi connectivity index (χ4v) is 3.71. The summed E-state index contributed by atoms with van der Waals surface area (Å²) in [5.41, 5.74) is 3.52. The van der Waals surface area contributed by atoms with Crippen LogP contribution in [-0.4, -0.2) is 12.8 Å². The van der Waals surface area contributed by atoms with Crippen molar-refractivity contribution in [2.24, 2.45) is 5.16 Å². The molecular weight excluding hydrogens is 517 g/mol. The van der Waals surface area contributed by atoms with Gasteiger partial charge < -0.3 is 14.3 Å². The monoisotopic (exact) mass is 537 g/mol. The van der Waals surface area contributed by atoms with Crippen LogP contribution in [0, 0.1) is 26.2 Å². The lowest BCUT2D eigenvalue weighted by Crippen LogP contribution is -2.03. The van der Waals surface area contributed by atoms with E-state index in [9.17, 15) is 5.26 Å². The highest BCUT2D eigenvalue weighted by Gasteiger charge is 2.13. The number of ether oxygens (including phenoxy) is 2. The first kappa shape index (κ1) is 23.1. The fraction of sp³-hybridized carbons (Fsp3) is 0.160. The van der Waals surface area contributed by atoms with Crippen LogP contribution in [0.25, 0.3) is 0 Å². The van der Waals surface area contributed by atoms with Crippen LogP contribution in [0.5, 0.6) is 11.5 Å². The number of oxime groups is 1. The Morgan fingerprint density at radius 2 is 1.53 bits per heavy atom. The molecule has 0 spiro atoms. The molecule has 6 nitrogen and oxygen atoms in total. The van der Waals surface area contributed by atoms with Gasteiger partial charge in [0.05, 0.1) is 39.7 Å². The van der Waals surface area contributed by atoms with Gasteiger partial charge in [-0.1, -0.05) is 41.6 Å². The third-order valence-electron chi connectivity index (χ3n) is 4.48. The smallest absolute Gasteiger partial charge is 0.175 e. The molecule has 3 aromatic rings. The SMILES string of the molecule is CCOc1cc(/C=N\OCc2ccccc2C#N)cc(I)c1OCc1ccccc1C#N. The van der Waals surface area contributed by atoms with E-state index in [1.807, 2.05) is 55.5 Å². The van der Waals surface area contributed by atoms with Crippen molar-refractivity contribution in [3.05, 3.63) is 92.1 Å². The van der Waals surface area contributed by atoms with Crippen LogP contribution in [-0.2, 0) is 18.1 Å². The second-order valence-corrected chi connectivity index (χ2v) is 7.76. The second-order valence-electron chi connectivity index (χ2n) is 6.60. The Bertz CT molecular complexity index is 1200. The average molecular weight is 537 g/mol. The number of rotatable bonds is 9. The van der Waals surface area contributed by atoms with E-state index in [0.717, 1.165) is 20.3 Å². The second kappa shape index (κ2) is 11.7. The molecule has 0 atom stereocenters. The van der Waals surface area contributed by atoms with E-state index in [4.69, 9.17) is 19.6 Å². The van der Waals surface area contributed by atoms with E-state index < -0.39 is 0 Å². The van der Waals surface area contributed by atoms with Gasteiger partial charge in [0.2, 0.25) is 0 Å². The zero-order valence-electron chi connectivity index (χ0n) is 17.4. The lowest BCUT2D eigenvalue weighted by molar-refractivity contribution is 0.132. The van der Waals surface area contributed by atoms with Gasteiger partial charge in [0.15, 0.2) is 11.5 Å². The predicted octanol–water partition coefficient (Wildman–Crippen LogP) is 5.56. The molecule has 7 heteroatoms. The van der Waals surface area contributed by atoms with E-state index >= 15 is 0 Å². The maximum Gasteiger partial charge on any atom is 0.175 e. The van der Waals surface area contributed by atoms with Crippen molar-refractivity contribution in [3.8, 4) is 23.6 Å². The number of hydrogen-bond donors (Lipinski definition) is 0. The zero-order valence-corrected chi connectivity index (χ0v) is 19.6. The van der Waals surface area contributed by atoms with Gasteiger partial charge >= 0.3 is 0 Å². The van der Waals surface area contributed by atoms with Crippen molar-refractivity contribution in [1.82, 2.24) is 0 Å². The Hall–Kier alpha value is -3.56. The molecule has 0 radical (unpaired) electrons. The van der Waals surface area contributed by atoms with Crippen LogP contribution < -0.4 is 9.47 Å². The molecular formula is C25H20IN3O3. The van der Waals surface area contributed by atoms with Gasteiger partial charge in [-0.05, 0) is 53.8 Å². The van der Waals surface area contributed by atoms with Gasteiger partial charge in [-0.25, -0.2) is 0 Å². The third-order valence-corrected chi connectivity index (χ3v) is 5.28. The first-order valence-electron chi connectivity index (χ1n) is 9.86. The van der Waals surface area contributed by atoms with Crippen molar-refractivity contribution >= 4 is 28.8 Å². The van der Waals surface area contributed by atoms with E-state index in [1.165, 1.54) is 0 Å². The molecule has 0 saturated carbocycles. The van der Waals surface area contributed by atoms with E-state index in [-0.39, 0.29) is 13.2 Å². The Balaban J connectivity index is 1.72.